The van der Waals surface area contributed by atoms with Gasteiger partial charge in [-0.3, -0.25) is 10.2 Å². The van der Waals surface area contributed by atoms with E-state index >= 15 is 0 Å². The lowest BCUT2D eigenvalue weighted by molar-refractivity contribution is 0.0937. The summed E-state index contributed by atoms with van der Waals surface area (Å²) in [5.74, 6) is -0.449. The van der Waals surface area contributed by atoms with Crippen molar-refractivity contribution < 1.29 is 9.59 Å². The van der Waals surface area contributed by atoms with Gasteiger partial charge in [-0.25, -0.2) is 14.9 Å². The zero-order valence-corrected chi connectivity index (χ0v) is 15.2. The van der Waals surface area contributed by atoms with E-state index in [4.69, 9.17) is 0 Å². The summed E-state index contributed by atoms with van der Waals surface area (Å²) in [6.45, 7) is 2.09. The first-order valence-electron chi connectivity index (χ1n) is 8.65. The smallest absolute Gasteiger partial charge is 0.333 e. The van der Waals surface area contributed by atoms with Crippen LogP contribution in [0.2, 0.25) is 0 Å². The summed E-state index contributed by atoms with van der Waals surface area (Å²) < 4.78 is 1.65. The van der Waals surface area contributed by atoms with Crippen molar-refractivity contribution in [3.63, 3.8) is 0 Å². The van der Waals surface area contributed by atoms with Gasteiger partial charge in [-0.05, 0) is 24.1 Å². The first-order chi connectivity index (χ1) is 13.1. The Morgan fingerprint density at radius 2 is 1.70 bits per heavy atom. The van der Waals surface area contributed by atoms with Crippen molar-refractivity contribution in [3.05, 3.63) is 71.9 Å². The minimum Gasteiger partial charge on any atom is -0.340 e. The Labute approximate surface area is 157 Å². The quantitative estimate of drug-likeness (QED) is 0.623. The molecular weight excluding hydrogens is 342 g/mol. The average Bonchev–Trinajstić information content (AvgIpc) is 3.18. The number of aryl methyl sites for hydroxylation is 1. The molecule has 0 radical (unpaired) electrons. The van der Waals surface area contributed by atoms with Gasteiger partial charge in [0.25, 0.3) is 5.91 Å². The van der Waals surface area contributed by atoms with Crippen molar-refractivity contribution >= 4 is 11.9 Å². The molecule has 1 aromatic heterocycles. The first kappa shape index (κ1) is 18.2. The normalized spacial score (nSPS) is 10.3. The fourth-order valence-corrected chi connectivity index (χ4v) is 2.61. The molecule has 27 heavy (non-hydrogen) atoms. The SMILES string of the molecule is CCc1ccc(-c2nn(-c3ccccc3)cc2C(=O)NNC(=O)NC)cc1. The fraction of sp³-hybridized carbons (Fsp3) is 0.150. The van der Waals surface area contributed by atoms with Crippen LogP contribution in [0, 0.1) is 0 Å². The van der Waals surface area contributed by atoms with Crippen LogP contribution in [0.3, 0.4) is 0 Å². The lowest BCUT2D eigenvalue weighted by atomic mass is 10.0. The van der Waals surface area contributed by atoms with Gasteiger partial charge >= 0.3 is 6.03 Å². The fourth-order valence-electron chi connectivity index (χ4n) is 2.61. The number of urea groups is 1. The van der Waals surface area contributed by atoms with E-state index in [-0.39, 0.29) is 0 Å². The summed E-state index contributed by atoms with van der Waals surface area (Å²) in [6.07, 6.45) is 2.58. The maximum absolute atomic E-state index is 12.6. The zero-order chi connectivity index (χ0) is 19.2. The molecule has 3 rings (SSSR count). The van der Waals surface area contributed by atoms with Gasteiger partial charge in [-0.1, -0.05) is 49.4 Å². The molecule has 0 unspecified atom stereocenters. The first-order valence-corrected chi connectivity index (χ1v) is 8.65. The average molecular weight is 363 g/mol. The van der Waals surface area contributed by atoms with Crippen molar-refractivity contribution in [2.24, 2.45) is 0 Å². The molecule has 0 saturated heterocycles. The van der Waals surface area contributed by atoms with Crippen molar-refractivity contribution in [1.29, 1.82) is 0 Å². The zero-order valence-electron chi connectivity index (χ0n) is 15.2. The number of hydrogen-bond acceptors (Lipinski definition) is 3. The molecule has 3 aromatic rings. The minimum atomic E-state index is -0.507. The van der Waals surface area contributed by atoms with Gasteiger partial charge in [0.2, 0.25) is 0 Å². The number of carbonyl (C=O) groups excluding carboxylic acids is 2. The van der Waals surface area contributed by atoms with Crippen molar-refractivity contribution in [2.75, 3.05) is 7.05 Å². The Morgan fingerprint density at radius 3 is 2.33 bits per heavy atom. The van der Waals surface area contributed by atoms with Gasteiger partial charge in [0.1, 0.15) is 5.69 Å². The number of nitrogens with zero attached hydrogens (tertiary/aromatic N) is 2. The molecule has 0 aliphatic carbocycles. The molecule has 3 amide bonds. The van der Waals surface area contributed by atoms with E-state index in [0.29, 0.717) is 11.3 Å². The molecule has 7 heteroatoms. The van der Waals surface area contributed by atoms with E-state index in [2.05, 4.69) is 28.2 Å². The molecule has 0 saturated carbocycles. The highest BCUT2D eigenvalue weighted by atomic mass is 16.2. The third-order valence-corrected chi connectivity index (χ3v) is 4.13. The van der Waals surface area contributed by atoms with Crippen LogP contribution in [-0.2, 0) is 6.42 Å². The van der Waals surface area contributed by atoms with Crippen LogP contribution >= 0.6 is 0 Å². The number of amides is 3. The number of hydrogen-bond donors (Lipinski definition) is 3. The van der Waals surface area contributed by atoms with E-state index in [0.717, 1.165) is 17.7 Å². The Bertz CT molecular complexity index is 933. The lowest BCUT2D eigenvalue weighted by Gasteiger charge is -2.07. The van der Waals surface area contributed by atoms with Crippen LogP contribution < -0.4 is 16.2 Å². The molecule has 0 atom stereocenters. The van der Waals surface area contributed by atoms with Crippen LogP contribution in [-0.4, -0.2) is 28.8 Å². The second-order valence-electron chi connectivity index (χ2n) is 5.88. The van der Waals surface area contributed by atoms with Crippen LogP contribution in [0.25, 0.3) is 16.9 Å². The van der Waals surface area contributed by atoms with Crippen molar-refractivity contribution in [1.82, 2.24) is 25.9 Å². The highest BCUT2D eigenvalue weighted by Crippen LogP contribution is 2.24. The monoisotopic (exact) mass is 363 g/mol. The second-order valence-corrected chi connectivity index (χ2v) is 5.88. The number of hydrazine groups is 1. The molecule has 138 valence electrons. The largest absolute Gasteiger partial charge is 0.340 e. The molecule has 7 nitrogen and oxygen atoms in total. The third-order valence-electron chi connectivity index (χ3n) is 4.13. The molecule has 2 aromatic carbocycles. The number of nitrogens with one attached hydrogen (secondary N) is 3. The number of rotatable bonds is 4. The number of carbonyl (C=O) groups is 2. The van der Waals surface area contributed by atoms with Gasteiger partial charge in [0, 0.05) is 18.8 Å². The molecule has 0 bridgehead atoms. The van der Waals surface area contributed by atoms with Crippen LogP contribution in [0.1, 0.15) is 22.8 Å². The Morgan fingerprint density at radius 1 is 1.00 bits per heavy atom. The molecule has 0 fully saturated rings. The number of para-hydroxylation sites is 1. The van der Waals surface area contributed by atoms with Crippen molar-refractivity contribution in [3.8, 4) is 16.9 Å². The van der Waals surface area contributed by atoms with Crippen LogP contribution in [0.4, 0.5) is 4.79 Å². The third kappa shape index (κ3) is 4.14. The minimum absolute atomic E-state index is 0.361. The van der Waals surface area contributed by atoms with E-state index in [1.807, 2.05) is 54.6 Å². The summed E-state index contributed by atoms with van der Waals surface area (Å²) in [4.78, 5) is 24.0. The molecule has 0 aliphatic rings. The van der Waals surface area contributed by atoms with Crippen molar-refractivity contribution in [2.45, 2.75) is 13.3 Å². The van der Waals surface area contributed by atoms with E-state index in [1.165, 1.54) is 12.6 Å². The maximum Gasteiger partial charge on any atom is 0.333 e. The maximum atomic E-state index is 12.6. The second kappa shape index (κ2) is 8.18. The summed E-state index contributed by atoms with van der Waals surface area (Å²) >= 11 is 0. The van der Waals surface area contributed by atoms with E-state index in [1.54, 1.807) is 10.9 Å². The summed E-state index contributed by atoms with van der Waals surface area (Å²) in [7, 11) is 1.47. The van der Waals surface area contributed by atoms with Gasteiger partial charge in [-0.2, -0.15) is 5.10 Å². The van der Waals surface area contributed by atoms with E-state index in [9.17, 15) is 9.59 Å². The highest BCUT2D eigenvalue weighted by Gasteiger charge is 2.19. The summed E-state index contributed by atoms with van der Waals surface area (Å²) in [5.41, 5.74) is 8.45. The lowest BCUT2D eigenvalue weighted by Crippen LogP contribution is -2.45. The van der Waals surface area contributed by atoms with Crippen LogP contribution in [0.15, 0.2) is 60.8 Å². The van der Waals surface area contributed by atoms with Gasteiger partial charge in [0.05, 0.1) is 11.3 Å². The van der Waals surface area contributed by atoms with Gasteiger partial charge in [0.15, 0.2) is 0 Å². The molecular formula is C20H21N5O2. The summed E-state index contributed by atoms with van der Waals surface area (Å²) in [5, 5.41) is 6.98. The van der Waals surface area contributed by atoms with Gasteiger partial charge < -0.3 is 5.32 Å². The predicted octanol–water partition coefficient (Wildman–Crippen LogP) is 2.68. The molecule has 1 heterocycles. The topological polar surface area (TPSA) is 88.1 Å². The molecule has 3 N–H and O–H groups in total. The van der Waals surface area contributed by atoms with Gasteiger partial charge in [-0.15, -0.1) is 0 Å². The standard InChI is InChI=1S/C20H21N5O2/c1-3-14-9-11-15(12-10-14)18-17(19(26)22-23-20(27)21-2)13-25(24-18)16-7-5-4-6-8-16/h4-13H,3H2,1-2H3,(H,22,26)(H2,21,23,27). The Hall–Kier alpha value is -3.61. The molecule has 0 aliphatic heterocycles. The molecule has 0 spiro atoms. The predicted molar refractivity (Wildman–Crippen MR) is 103 cm³/mol. The summed E-state index contributed by atoms with van der Waals surface area (Å²) in [6, 6.07) is 16.9. The van der Waals surface area contributed by atoms with Crippen LogP contribution in [0.5, 0.6) is 0 Å². The highest BCUT2D eigenvalue weighted by molar-refractivity contribution is 6.00. The van der Waals surface area contributed by atoms with E-state index < -0.39 is 11.9 Å². The Balaban J connectivity index is 1.99. The number of benzene rings is 2. The number of aromatic nitrogens is 2. The Kier molecular flexibility index (Phi) is 5.51.